The van der Waals surface area contributed by atoms with Gasteiger partial charge in [-0.2, -0.15) is 0 Å². The molecular weight excluding hydrogens is 454 g/mol. The van der Waals surface area contributed by atoms with E-state index in [1.54, 1.807) is 13.8 Å². The third-order valence-corrected chi connectivity index (χ3v) is 4.60. The zero-order valence-electron chi connectivity index (χ0n) is 19.4. The molecule has 3 amide bonds. The van der Waals surface area contributed by atoms with Crippen molar-refractivity contribution in [1.82, 2.24) is 16.0 Å². The van der Waals surface area contributed by atoms with Gasteiger partial charge in [0.1, 0.15) is 18.1 Å². The Morgan fingerprint density at radius 2 is 1.41 bits per heavy atom. The first-order chi connectivity index (χ1) is 15.7. The minimum atomic E-state index is -1.55. The fourth-order valence-corrected chi connectivity index (χ4v) is 2.75. The summed E-state index contributed by atoms with van der Waals surface area (Å²) >= 11 is 0. The summed E-state index contributed by atoms with van der Waals surface area (Å²) in [4.78, 5) is 63.5. The van der Waals surface area contributed by atoms with Crippen molar-refractivity contribution in [3.8, 4) is 0 Å². The van der Waals surface area contributed by atoms with Gasteiger partial charge in [-0.15, -0.1) is 0 Å². The monoisotopic (exact) mass is 489 g/mol. The summed E-state index contributed by atoms with van der Waals surface area (Å²) in [5, 5.41) is 34.9. The average Bonchev–Trinajstić information content (AvgIpc) is 2.70. The Labute approximate surface area is 196 Å². The van der Waals surface area contributed by atoms with E-state index in [2.05, 4.69) is 20.9 Å². The molecule has 0 aliphatic rings. The lowest BCUT2D eigenvalue weighted by Gasteiger charge is -2.28. The number of amides is 3. The predicted octanol–water partition coefficient (Wildman–Crippen LogP) is -3.58. The smallest absolute Gasteiger partial charge is 0.326 e. The first-order valence-corrected chi connectivity index (χ1v) is 10.5. The lowest BCUT2D eigenvalue weighted by molar-refractivity contribution is -0.143. The van der Waals surface area contributed by atoms with Crippen molar-refractivity contribution in [3.05, 3.63) is 0 Å². The molecule has 12 N–H and O–H groups in total. The highest BCUT2D eigenvalue weighted by atomic mass is 16.4. The van der Waals surface area contributed by atoms with Crippen molar-refractivity contribution in [2.45, 2.75) is 70.3 Å². The number of carboxylic acid groups (broad SMARTS) is 2. The summed E-state index contributed by atoms with van der Waals surface area (Å²) in [5.41, 5.74) is 15.9. The van der Waals surface area contributed by atoms with Crippen LogP contribution in [0.15, 0.2) is 4.99 Å². The number of aliphatic carboxylic acids is 2. The van der Waals surface area contributed by atoms with Gasteiger partial charge in [-0.1, -0.05) is 13.8 Å². The van der Waals surface area contributed by atoms with Crippen molar-refractivity contribution in [2.75, 3.05) is 6.54 Å². The maximum atomic E-state index is 12.7. The predicted molar refractivity (Wildman–Crippen MR) is 120 cm³/mol. The SMILES string of the molecule is CC(C)C(NC(=O)C(NC(=O)C(N)CC(=O)O)C(C)O)C(=O)NC(CCCN=C(N)N)C(=O)O. The molecule has 0 radical (unpaired) electrons. The molecule has 0 saturated carbocycles. The van der Waals surface area contributed by atoms with E-state index in [4.69, 9.17) is 22.3 Å². The molecule has 0 bridgehead atoms. The van der Waals surface area contributed by atoms with Gasteiger partial charge in [0.05, 0.1) is 18.6 Å². The molecule has 194 valence electrons. The number of aliphatic hydroxyl groups excluding tert-OH is 1. The van der Waals surface area contributed by atoms with Gasteiger partial charge in [0.2, 0.25) is 17.7 Å². The maximum Gasteiger partial charge on any atom is 0.326 e. The second kappa shape index (κ2) is 14.6. The van der Waals surface area contributed by atoms with Crippen LogP contribution >= 0.6 is 0 Å². The number of carbonyl (C=O) groups is 5. The van der Waals surface area contributed by atoms with Gasteiger partial charge in [-0.3, -0.25) is 24.2 Å². The molecule has 0 aliphatic heterocycles. The third-order valence-electron chi connectivity index (χ3n) is 4.60. The zero-order valence-corrected chi connectivity index (χ0v) is 19.4. The first-order valence-electron chi connectivity index (χ1n) is 10.5. The van der Waals surface area contributed by atoms with Gasteiger partial charge < -0.3 is 48.5 Å². The Hall–Kier alpha value is -3.46. The second-order valence-electron chi connectivity index (χ2n) is 8.01. The molecule has 15 nitrogen and oxygen atoms in total. The standard InChI is InChI=1S/C19H35N7O8/c1-8(2)13(16(31)24-11(18(33)34)5-4-6-23-19(21)22)25-17(32)14(9(3)27)26-15(30)10(20)7-12(28)29/h8-11,13-14,27H,4-7,20H2,1-3H3,(H,24,31)(H,25,32)(H,26,30)(H,28,29)(H,33,34)(H4,21,22,23). The van der Waals surface area contributed by atoms with Gasteiger partial charge in [0.15, 0.2) is 5.96 Å². The molecule has 5 atom stereocenters. The van der Waals surface area contributed by atoms with E-state index in [9.17, 15) is 34.2 Å². The molecule has 0 spiro atoms. The molecule has 0 aliphatic carbocycles. The van der Waals surface area contributed by atoms with Crippen LogP contribution in [-0.2, 0) is 24.0 Å². The molecule has 15 heteroatoms. The van der Waals surface area contributed by atoms with E-state index < -0.39 is 72.3 Å². The molecule has 0 fully saturated rings. The van der Waals surface area contributed by atoms with E-state index in [1.165, 1.54) is 6.92 Å². The number of nitrogens with zero attached hydrogens (tertiary/aromatic N) is 1. The quantitative estimate of drug-likeness (QED) is 0.0616. The number of aliphatic imine (C=N–C) groups is 1. The van der Waals surface area contributed by atoms with Crippen molar-refractivity contribution in [1.29, 1.82) is 0 Å². The molecule has 0 aromatic rings. The highest BCUT2D eigenvalue weighted by Crippen LogP contribution is 2.07. The minimum absolute atomic E-state index is 0.0183. The highest BCUT2D eigenvalue weighted by Gasteiger charge is 2.33. The maximum absolute atomic E-state index is 12.7. The summed E-state index contributed by atoms with van der Waals surface area (Å²) in [5.74, 6) is -6.00. The van der Waals surface area contributed by atoms with Crippen LogP contribution in [0.4, 0.5) is 0 Å². The summed E-state index contributed by atoms with van der Waals surface area (Å²) in [6.07, 6.45) is -1.83. The summed E-state index contributed by atoms with van der Waals surface area (Å²) in [6, 6.07) is -5.50. The van der Waals surface area contributed by atoms with Crippen LogP contribution in [0.1, 0.15) is 40.0 Å². The number of carboxylic acids is 2. The van der Waals surface area contributed by atoms with Crippen LogP contribution in [0.25, 0.3) is 0 Å². The van der Waals surface area contributed by atoms with Crippen LogP contribution in [0, 0.1) is 5.92 Å². The highest BCUT2D eigenvalue weighted by molar-refractivity contribution is 5.95. The normalized spacial score (nSPS) is 15.2. The van der Waals surface area contributed by atoms with Gasteiger partial charge in [-0.25, -0.2) is 4.79 Å². The van der Waals surface area contributed by atoms with Crippen LogP contribution < -0.4 is 33.2 Å². The van der Waals surface area contributed by atoms with Gasteiger partial charge in [-0.05, 0) is 25.7 Å². The second-order valence-corrected chi connectivity index (χ2v) is 8.01. The molecule has 0 rings (SSSR count). The van der Waals surface area contributed by atoms with E-state index in [0.717, 1.165) is 0 Å². The minimum Gasteiger partial charge on any atom is -0.481 e. The molecule has 0 heterocycles. The largest absolute Gasteiger partial charge is 0.481 e. The number of hydrogen-bond acceptors (Lipinski definition) is 8. The van der Waals surface area contributed by atoms with E-state index >= 15 is 0 Å². The molecular formula is C19H35N7O8. The van der Waals surface area contributed by atoms with Crippen LogP contribution in [0.3, 0.4) is 0 Å². The number of nitrogens with two attached hydrogens (primary N) is 3. The Balaban J connectivity index is 5.31. The Bertz CT molecular complexity index is 768. The van der Waals surface area contributed by atoms with Crippen LogP contribution in [0.5, 0.6) is 0 Å². The zero-order chi connectivity index (χ0) is 26.6. The van der Waals surface area contributed by atoms with E-state index in [1.807, 2.05) is 0 Å². The number of nitrogens with one attached hydrogen (secondary N) is 3. The van der Waals surface area contributed by atoms with E-state index in [0.29, 0.717) is 0 Å². The van der Waals surface area contributed by atoms with Gasteiger partial charge >= 0.3 is 11.9 Å². The fourth-order valence-electron chi connectivity index (χ4n) is 2.75. The lowest BCUT2D eigenvalue weighted by atomic mass is 10.0. The van der Waals surface area contributed by atoms with Crippen molar-refractivity contribution < 1.29 is 39.3 Å². The number of guanidine groups is 1. The van der Waals surface area contributed by atoms with Crippen molar-refractivity contribution >= 4 is 35.6 Å². The Morgan fingerprint density at radius 3 is 1.85 bits per heavy atom. The molecule has 5 unspecified atom stereocenters. The topological polar surface area (TPSA) is 273 Å². The fraction of sp³-hybridized carbons (Fsp3) is 0.684. The first kappa shape index (κ1) is 30.5. The number of carbonyl (C=O) groups excluding carboxylic acids is 3. The molecule has 0 aromatic carbocycles. The number of aliphatic hydroxyl groups is 1. The summed E-state index contributed by atoms with van der Waals surface area (Å²) < 4.78 is 0. The van der Waals surface area contributed by atoms with Gasteiger partial charge in [0.25, 0.3) is 0 Å². The van der Waals surface area contributed by atoms with Crippen molar-refractivity contribution in [3.63, 3.8) is 0 Å². The third kappa shape index (κ3) is 11.4. The van der Waals surface area contributed by atoms with Crippen molar-refractivity contribution in [2.24, 2.45) is 28.1 Å². The lowest BCUT2D eigenvalue weighted by Crippen LogP contribution is -2.60. The Kier molecular flexibility index (Phi) is 13.2. The number of rotatable bonds is 15. The number of hydrogen-bond donors (Lipinski definition) is 9. The van der Waals surface area contributed by atoms with E-state index in [-0.39, 0.29) is 25.3 Å². The summed E-state index contributed by atoms with van der Waals surface area (Å²) in [7, 11) is 0. The molecule has 0 aromatic heterocycles. The summed E-state index contributed by atoms with van der Waals surface area (Å²) in [6.45, 7) is 4.55. The van der Waals surface area contributed by atoms with Gasteiger partial charge in [0, 0.05) is 6.54 Å². The molecule has 0 saturated heterocycles. The van der Waals surface area contributed by atoms with Crippen LogP contribution in [-0.4, -0.2) is 87.8 Å². The average molecular weight is 490 g/mol. The van der Waals surface area contributed by atoms with Crippen LogP contribution in [0.2, 0.25) is 0 Å². The molecule has 34 heavy (non-hydrogen) atoms. The Morgan fingerprint density at radius 1 is 0.882 bits per heavy atom.